The van der Waals surface area contributed by atoms with Crippen LogP contribution in [0.3, 0.4) is 0 Å². The summed E-state index contributed by atoms with van der Waals surface area (Å²) < 4.78 is 5.86. The molecule has 0 amide bonds. The highest BCUT2D eigenvalue weighted by Gasteiger charge is 2.14. The van der Waals surface area contributed by atoms with E-state index in [-0.39, 0.29) is 5.41 Å². The third-order valence-corrected chi connectivity index (χ3v) is 3.10. The molecule has 0 radical (unpaired) electrons. The normalized spacial score (nSPS) is 11.4. The molecule has 1 aromatic heterocycles. The Morgan fingerprint density at radius 2 is 1.95 bits per heavy atom. The Labute approximate surface area is 121 Å². The van der Waals surface area contributed by atoms with Crippen molar-refractivity contribution in [1.29, 1.82) is 0 Å². The van der Waals surface area contributed by atoms with Crippen LogP contribution in [0.2, 0.25) is 0 Å². The number of nitrogens with one attached hydrogen (secondary N) is 1. The van der Waals surface area contributed by atoms with E-state index in [0.717, 1.165) is 17.9 Å². The zero-order valence-electron chi connectivity index (χ0n) is 12.6. The fourth-order valence-corrected chi connectivity index (χ4v) is 1.97. The van der Waals surface area contributed by atoms with Crippen LogP contribution in [-0.2, 0) is 12.0 Å². The Bertz CT molecular complexity index is 573. The maximum absolute atomic E-state index is 5.86. The minimum absolute atomic E-state index is 0.112. The summed E-state index contributed by atoms with van der Waals surface area (Å²) in [5, 5.41) is 3.12. The highest BCUT2D eigenvalue weighted by atomic mass is 16.5. The maximum Gasteiger partial charge on any atom is 0.219 e. The second-order valence-electron chi connectivity index (χ2n) is 5.91. The van der Waals surface area contributed by atoms with Gasteiger partial charge in [0.2, 0.25) is 5.88 Å². The molecule has 106 valence electrons. The lowest BCUT2D eigenvalue weighted by molar-refractivity contribution is 0.458. The maximum atomic E-state index is 5.86. The van der Waals surface area contributed by atoms with Gasteiger partial charge in [-0.3, -0.25) is 0 Å². The predicted molar refractivity (Wildman–Crippen MR) is 82.2 cm³/mol. The summed E-state index contributed by atoms with van der Waals surface area (Å²) in [7, 11) is 1.92. The molecule has 2 rings (SSSR count). The van der Waals surface area contributed by atoms with Gasteiger partial charge in [-0.05, 0) is 41.8 Å². The van der Waals surface area contributed by atoms with Crippen LogP contribution in [-0.4, -0.2) is 12.0 Å². The minimum atomic E-state index is 0.112. The van der Waals surface area contributed by atoms with Crippen LogP contribution < -0.4 is 10.1 Å². The van der Waals surface area contributed by atoms with Crippen molar-refractivity contribution in [3.05, 3.63) is 53.7 Å². The lowest BCUT2D eigenvalue weighted by Gasteiger charge is -2.19. The lowest BCUT2D eigenvalue weighted by atomic mass is 9.87. The summed E-state index contributed by atoms with van der Waals surface area (Å²) in [5.74, 6) is 1.45. The first-order valence-corrected chi connectivity index (χ1v) is 6.87. The van der Waals surface area contributed by atoms with Gasteiger partial charge in [-0.1, -0.05) is 32.9 Å². The monoisotopic (exact) mass is 270 g/mol. The Kier molecular flexibility index (Phi) is 4.40. The predicted octanol–water partition coefficient (Wildman–Crippen LogP) is 3.89. The van der Waals surface area contributed by atoms with Gasteiger partial charge in [-0.2, -0.15) is 0 Å². The molecule has 3 heteroatoms. The quantitative estimate of drug-likeness (QED) is 0.915. The van der Waals surface area contributed by atoms with E-state index in [1.807, 2.05) is 31.3 Å². The van der Waals surface area contributed by atoms with Crippen molar-refractivity contribution in [1.82, 2.24) is 10.3 Å². The Hall–Kier alpha value is -1.87. The molecule has 0 fully saturated rings. The molecular weight excluding hydrogens is 248 g/mol. The van der Waals surface area contributed by atoms with Crippen LogP contribution in [0.1, 0.15) is 31.9 Å². The zero-order chi connectivity index (χ0) is 14.6. The molecule has 0 unspecified atom stereocenters. The zero-order valence-corrected chi connectivity index (χ0v) is 12.6. The summed E-state index contributed by atoms with van der Waals surface area (Å²) in [6.45, 7) is 7.38. The molecule has 1 aromatic carbocycles. The van der Waals surface area contributed by atoms with Crippen LogP contribution in [0.25, 0.3) is 0 Å². The summed E-state index contributed by atoms with van der Waals surface area (Å²) in [4.78, 5) is 4.26. The van der Waals surface area contributed by atoms with Gasteiger partial charge in [-0.15, -0.1) is 0 Å². The van der Waals surface area contributed by atoms with Gasteiger partial charge in [0.15, 0.2) is 0 Å². The van der Waals surface area contributed by atoms with Crippen molar-refractivity contribution in [3.8, 4) is 11.6 Å². The van der Waals surface area contributed by atoms with E-state index in [2.05, 4.69) is 43.2 Å². The van der Waals surface area contributed by atoms with E-state index in [9.17, 15) is 0 Å². The molecule has 0 spiro atoms. The lowest BCUT2D eigenvalue weighted by Crippen LogP contribution is -2.10. The summed E-state index contributed by atoms with van der Waals surface area (Å²) >= 11 is 0. The van der Waals surface area contributed by atoms with Crippen molar-refractivity contribution in [3.63, 3.8) is 0 Å². The van der Waals surface area contributed by atoms with Gasteiger partial charge in [-0.25, -0.2) is 4.98 Å². The van der Waals surface area contributed by atoms with Crippen molar-refractivity contribution in [2.45, 2.75) is 32.7 Å². The molecule has 0 saturated carbocycles. The largest absolute Gasteiger partial charge is 0.439 e. The standard InChI is InChI=1S/C17H22N2O/c1-17(2,3)14-6-5-7-15(11-14)20-16-10-13(12-18-4)8-9-19-16/h5-11,18H,12H2,1-4H3. The first-order valence-electron chi connectivity index (χ1n) is 6.87. The smallest absolute Gasteiger partial charge is 0.219 e. The first kappa shape index (κ1) is 14.5. The van der Waals surface area contributed by atoms with E-state index >= 15 is 0 Å². The minimum Gasteiger partial charge on any atom is -0.439 e. The van der Waals surface area contributed by atoms with Gasteiger partial charge in [0, 0.05) is 18.8 Å². The van der Waals surface area contributed by atoms with Crippen LogP contribution in [0, 0.1) is 0 Å². The van der Waals surface area contributed by atoms with E-state index in [1.54, 1.807) is 6.20 Å². The van der Waals surface area contributed by atoms with Gasteiger partial charge in [0.05, 0.1) is 0 Å². The van der Waals surface area contributed by atoms with Crippen molar-refractivity contribution >= 4 is 0 Å². The van der Waals surface area contributed by atoms with Crippen LogP contribution in [0.15, 0.2) is 42.6 Å². The van der Waals surface area contributed by atoms with E-state index in [1.165, 1.54) is 5.56 Å². The molecule has 2 aromatic rings. The number of nitrogens with zero attached hydrogens (tertiary/aromatic N) is 1. The number of hydrogen-bond donors (Lipinski definition) is 1. The highest BCUT2D eigenvalue weighted by molar-refractivity contribution is 5.35. The number of rotatable bonds is 4. The number of aromatic nitrogens is 1. The Morgan fingerprint density at radius 3 is 2.65 bits per heavy atom. The van der Waals surface area contributed by atoms with Crippen molar-refractivity contribution in [2.75, 3.05) is 7.05 Å². The fraction of sp³-hybridized carbons (Fsp3) is 0.353. The van der Waals surface area contributed by atoms with Crippen LogP contribution in [0.5, 0.6) is 11.6 Å². The molecule has 0 atom stereocenters. The molecule has 1 N–H and O–H groups in total. The first-order chi connectivity index (χ1) is 9.49. The van der Waals surface area contributed by atoms with Crippen LogP contribution >= 0.6 is 0 Å². The third kappa shape index (κ3) is 3.81. The Morgan fingerprint density at radius 1 is 1.15 bits per heavy atom. The molecule has 3 nitrogen and oxygen atoms in total. The second kappa shape index (κ2) is 6.06. The molecule has 1 heterocycles. The molecule has 0 aliphatic carbocycles. The third-order valence-electron chi connectivity index (χ3n) is 3.10. The van der Waals surface area contributed by atoms with Crippen molar-refractivity contribution in [2.24, 2.45) is 0 Å². The number of pyridine rings is 1. The highest BCUT2D eigenvalue weighted by Crippen LogP contribution is 2.27. The number of hydrogen-bond acceptors (Lipinski definition) is 3. The van der Waals surface area contributed by atoms with Gasteiger partial charge in [0.25, 0.3) is 0 Å². The summed E-state index contributed by atoms with van der Waals surface area (Å²) in [6, 6.07) is 12.1. The van der Waals surface area contributed by atoms with E-state index < -0.39 is 0 Å². The van der Waals surface area contributed by atoms with Gasteiger partial charge < -0.3 is 10.1 Å². The molecule has 20 heavy (non-hydrogen) atoms. The molecule has 0 bridgehead atoms. The SMILES string of the molecule is CNCc1ccnc(Oc2cccc(C(C)(C)C)c2)c1. The molecule has 0 aliphatic rings. The second-order valence-corrected chi connectivity index (χ2v) is 5.91. The van der Waals surface area contributed by atoms with E-state index in [0.29, 0.717) is 5.88 Å². The van der Waals surface area contributed by atoms with Gasteiger partial charge >= 0.3 is 0 Å². The van der Waals surface area contributed by atoms with E-state index in [4.69, 9.17) is 4.74 Å². The average molecular weight is 270 g/mol. The summed E-state index contributed by atoms with van der Waals surface area (Å²) in [6.07, 6.45) is 1.77. The molecular formula is C17H22N2O. The molecule has 0 aliphatic heterocycles. The number of ether oxygens (including phenoxy) is 1. The van der Waals surface area contributed by atoms with Crippen LogP contribution in [0.4, 0.5) is 0 Å². The Balaban J connectivity index is 2.19. The average Bonchev–Trinajstić information content (AvgIpc) is 2.39. The number of benzene rings is 1. The summed E-state index contributed by atoms with van der Waals surface area (Å²) in [5.41, 5.74) is 2.52. The van der Waals surface area contributed by atoms with Crippen molar-refractivity contribution < 1.29 is 4.74 Å². The van der Waals surface area contributed by atoms with Gasteiger partial charge in [0.1, 0.15) is 5.75 Å². The molecule has 0 saturated heterocycles. The fourth-order valence-electron chi connectivity index (χ4n) is 1.97. The topological polar surface area (TPSA) is 34.2 Å².